The van der Waals surface area contributed by atoms with E-state index in [0.29, 0.717) is 0 Å². The van der Waals surface area contributed by atoms with Crippen molar-refractivity contribution in [3.05, 3.63) is 34.9 Å². The Balaban J connectivity index is 2.24. The Morgan fingerprint density at radius 1 is 1.46 bits per heavy atom. The molecule has 1 aliphatic rings. The summed E-state index contributed by atoms with van der Waals surface area (Å²) < 4.78 is 0. The lowest BCUT2D eigenvalue weighted by Gasteiger charge is -2.14. The van der Waals surface area contributed by atoms with Crippen molar-refractivity contribution in [2.45, 2.75) is 18.6 Å². The monoisotopic (exact) mass is 197 g/mol. The Bertz CT molecular complexity index is 303. The van der Waals surface area contributed by atoms with Gasteiger partial charge in [0.15, 0.2) is 0 Å². The van der Waals surface area contributed by atoms with Gasteiger partial charge in [-0.15, -0.1) is 0 Å². The van der Waals surface area contributed by atoms with E-state index in [1.54, 1.807) is 0 Å². The SMILES string of the molecule is O[C@@H]1CCN[C@H]1c1cccc(Cl)c1. The maximum Gasteiger partial charge on any atom is 0.0747 e. The third-order valence-electron chi connectivity index (χ3n) is 2.40. The molecule has 1 heterocycles. The zero-order valence-electron chi connectivity index (χ0n) is 7.20. The minimum atomic E-state index is -0.279. The fourth-order valence-electron chi connectivity index (χ4n) is 1.73. The molecular weight excluding hydrogens is 186 g/mol. The van der Waals surface area contributed by atoms with Gasteiger partial charge >= 0.3 is 0 Å². The number of halogens is 1. The second-order valence-electron chi connectivity index (χ2n) is 3.34. The minimum Gasteiger partial charge on any atom is -0.391 e. The molecule has 1 saturated heterocycles. The van der Waals surface area contributed by atoms with Crippen LogP contribution in [-0.2, 0) is 0 Å². The number of hydrogen-bond donors (Lipinski definition) is 2. The quantitative estimate of drug-likeness (QED) is 0.719. The largest absolute Gasteiger partial charge is 0.391 e. The van der Waals surface area contributed by atoms with Gasteiger partial charge in [-0.2, -0.15) is 0 Å². The van der Waals surface area contributed by atoms with Gasteiger partial charge in [-0.05, 0) is 30.7 Å². The van der Waals surface area contributed by atoms with Crippen molar-refractivity contribution in [2.75, 3.05) is 6.54 Å². The number of aliphatic hydroxyl groups excluding tert-OH is 1. The molecule has 3 heteroatoms. The van der Waals surface area contributed by atoms with Gasteiger partial charge in [-0.3, -0.25) is 0 Å². The molecule has 0 radical (unpaired) electrons. The molecular formula is C10H12ClNO. The van der Waals surface area contributed by atoms with E-state index in [1.165, 1.54) is 0 Å². The van der Waals surface area contributed by atoms with Crippen LogP contribution in [0, 0.1) is 0 Å². The predicted octanol–water partition coefficient (Wildman–Crippen LogP) is 1.74. The van der Waals surface area contributed by atoms with Crippen LogP contribution in [0.2, 0.25) is 5.02 Å². The van der Waals surface area contributed by atoms with Crippen LogP contribution in [0.3, 0.4) is 0 Å². The van der Waals surface area contributed by atoms with Gasteiger partial charge in [-0.1, -0.05) is 23.7 Å². The lowest BCUT2D eigenvalue weighted by molar-refractivity contribution is 0.160. The van der Waals surface area contributed by atoms with E-state index < -0.39 is 0 Å². The van der Waals surface area contributed by atoms with Crippen LogP contribution < -0.4 is 5.32 Å². The lowest BCUT2D eigenvalue weighted by atomic mass is 10.0. The summed E-state index contributed by atoms with van der Waals surface area (Å²) in [5, 5.41) is 13.6. The Labute approximate surface area is 82.5 Å². The molecule has 0 unspecified atom stereocenters. The maximum absolute atomic E-state index is 9.63. The second-order valence-corrected chi connectivity index (χ2v) is 3.78. The lowest BCUT2D eigenvalue weighted by Crippen LogP contribution is -2.20. The molecule has 1 aromatic carbocycles. The number of benzene rings is 1. The molecule has 13 heavy (non-hydrogen) atoms. The van der Waals surface area contributed by atoms with E-state index in [0.717, 1.165) is 23.6 Å². The van der Waals surface area contributed by atoms with Crippen LogP contribution in [0.1, 0.15) is 18.0 Å². The highest BCUT2D eigenvalue weighted by molar-refractivity contribution is 6.30. The van der Waals surface area contributed by atoms with E-state index >= 15 is 0 Å². The Kier molecular flexibility index (Phi) is 2.54. The van der Waals surface area contributed by atoms with Gasteiger partial charge < -0.3 is 10.4 Å². The number of aliphatic hydroxyl groups is 1. The van der Waals surface area contributed by atoms with Crippen molar-refractivity contribution < 1.29 is 5.11 Å². The van der Waals surface area contributed by atoms with E-state index in [-0.39, 0.29) is 12.1 Å². The van der Waals surface area contributed by atoms with Crippen molar-refractivity contribution in [1.29, 1.82) is 0 Å². The first kappa shape index (κ1) is 9.00. The molecule has 0 aliphatic carbocycles. The average Bonchev–Trinajstić information content (AvgIpc) is 2.51. The van der Waals surface area contributed by atoms with Crippen molar-refractivity contribution in [2.24, 2.45) is 0 Å². The third-order valence-corrected chi connectivity index (χ3v) is 2.63. The summed E-state index contributed by atoms with van der Waals surface area (Å²) in [7, 11) is 0. The summed E-state index contributed by atoms with van der Waals surface area (Å²) in [6, 6.07) is 7.68. The molecule has 1 aromatic rings. The topological polar surface area (TPSA) is 32.3 Å². The van der Waals surface area contributed by atoms with Crippen molar-refractivity contribution in [3.63, 3.8) is 0 Å². The molecule has 0 spiro atoms. The first-order valence-electron chi connectivity index (χ1n) is 4.44. The second kappa shape index (κ2) is 3.66. The molecule has 70 valence electrons. The Hall–Kier alpha value is -0.570. The molecule has 2 atom stereocenters. The molecule has 0 bridgehead atoms. The first-order valence-corrected chi connectivity index (χ1v) is 4.82. The highest BCUT2D eigenvalue weighted by atomic mass is 35.5. The molecule has 1 fully saturated rings. The molecule has 2 N–H and O–H groups in total. The molecule has 2 nitrogen and oxygen atoms in total. The summed E-state index contributed by atoms with van der Waals surface area (Å²) in [4.78, 5) is 0. The number of nitrogens with one attached hydrogen (secondary N) is 1. The zero-order valence-corrected chi connectivity index (χ0v) is 7.96. The molecule has 0 aromatic heterocycles. The normalized spacial score (nSPS) is 27.8. The summed E-state index contributed by atoms with van der Waals surface area (Å²) in [6.45, 7) is 0.873. The van der Waals surface area contributed by atoms with Gasteiger partial charge in [0, 0.05) is 5.02 Å². The van der Waals surface area contributed by atoms with Gasteiger partial charge in [0.05, 0.1) is 12.1 Å². The number of rotatable bonds is 1. The van der Waals surface area contributed by atoms with E-state index in [9.17, 15) is 5.11 Å². The summed E-state index contributed by atoms with van der Waals surface area (Å²) in [5.41, 5.74) is 1.07. The number of hydrogen-bond acceptors (Lipinski definition) is 2. The van der Waals surface area contributed by atoms with Crippen LogP contribution >= 0.6 is 11.6 Å². The Morgan fingerprint density at radius 3 is 2.92 bits per heavy atom. The van der Waals surface area contributed by atoms with Crippen molar-refractivity contribution >= 4 is 11.6 Å². The zero-order chi connectivity index (χ0) is 9.26. The minimum absolute atomic E-state index is 0.0544. The van der Waals surface area contributed by atoms with E-state index in [1.807, 2.05) is 24.3 Å². The van der Waals surface area contributed by atoms with Gasteiger partial charge in [-0.25, -0.2) is 0 Å². The van der Waals surface area contributed by atoms with E-state index in [4.69, 9.17) is 11.6 Å². The molecule has 2 rings (SSSR count). The summed E-state index contributed by atoms with van der Waals surface area (Å²) >= 11 is 5.86. The maximum atomic E-state index is 9.63. The predicted molar refractivity (Wildman–Crippen MR) is 52.8 cm³/mol. The molecule has 0 amide bonds. The Morgan fingerprint density at radius 2 is 2.31 bits per heavy atom. The molecule has 1 aliphatic heterocycles. The fourth-order valence-corrected chi connectivity index (χ4v) is 1.93. The van der Waals surface area contributed by atoms with Crippen LogP contribution in [0.5, 0.6) is 0 Å². The van der Waals surface area contributed by atoms with Crippen molar-refractivity contribution in [3.8, 4) is 0 Å². The smallest absolute Gasteiger partial charge is 0.0747 e. The highest BCUT2D eigenvalue weighted by Crippen LogP contribution is 2.25. The third kappa shape index (κ3) is 1.85. The van der Waals surface area contributed by atoms with Gasteiger partial charge in [0.1, 0.15) is 0 Å². The van der Waals surface area contributed by atoms with E-state index in [2.05, 4.69) is 5.32 Å². The summed E-state index contributed by atoms with van der Waals surface area (Å²) in [6.07, 6.45) is 0.537. The van der Waals surface area contributed by atoms with Crippen LogP contribution in [0.4, 0.5) is 0 Å². The highest BCUT2D eigenvalue weighted by Gasteiger charge is 2.25. The van der Waals surface area contributed by atoms with Crippen molar-refractivity contribution in [1.82, 2.24) is 5.32 Å². The van der Waals surface area contributed by atoms with Crippen LogP contribution in [0.15, 0.2) is 24.3 Å². The average molecular weight is 198 g/mol. The first-order chi connectivity index (χ1) is 6.27. The fraction of sp³-hybridized carbons (Fsp3) is 0.400. The van der Waals surface area contributed by atoms with Crippen LogP contribution in [-0.4, -0.2) is 17.8 Å². The summed E-state index contributed by atoms with van der Waals surface area (Å²) in [5.74, 6) is 0. The van der Waals surface area contributed by atoms with Crippen LogP contribution in [0.25, 0.3) is 0 Å². The molecule has 0 saturated carbocycles. The van der Waals surface area contributed by atoms with Gasteiger partial charge in [0.2, 0.25) is 0 Å². The standard InChI is InChI=1S/C10H12ClNO/c11-8-3-1-2-7(6-8)10-9(13)4-5-12-10/h1-3,6,9-10,12-13H,4-5H2/t9-,10+/m1/s1. The van der Waals surface area contributed by atoms with Gasteiger partial charge in [0.25, 0.3) is 0 Å².